The molecule has 0 bridgehead atoms. The van der Waals surface area contributed by atoms with Crippen LogP contribution < -0.4 is 14.8 Å². The van der Waals surface area contributed by atoms with Crippen LogP contribution in [-0.4, -0.2) is 45.3 Å². The van der Waals surface area contributed by atoms with E-state index in [0.29, 0.717) is 6.04 Å². The standard InChI is InChI=1S/C17H28N2O2/c1-13(18-2)15-6-5-9-19(12-15)11-14-7-8-16(20-3)17(10-14)21-4/h7-8,10,13,15,18H,5-6,9,11-12H2,1-4H3. The Labute approximate surface area is 128 Å². The van der Waals surface area contributed by atoms with Crippen molar-refractivity contribution in [1.29, 1.82) is 0 Å². The third-order valence-corrected chi connectivity index (χ3v) is 4.56. The predicted octanol–water partition coefficient (Wildman–Crippen LogP) is 2.52. The van der Waals surface area contributed by atoms with Crippen LogP contribution in [0.5, 0.6) is 11.5 Å². The Morgan fingerprint density at radius 3 is 2.71 bits per heavy atom. The number of methoxy groups -OCH3 is 2. The molecule has 21 heavy (non-hydrogen) atoms. The van der Waals surface area contributed by atoms with Gasteiger partial charge in [-0.2, -0.15) is 0 Å². The number of rotatable bonds is 6. The van der Waals surface area contributed by atoms with E-state index in [2.05, 4.69) is 36.3 Å². The van der Waals surface area contributed by atoms with Gasteiger partial charge >= 0.3 is 0 Å². The van der Waals surface area contributed by atoms with Crippen LogP contribution in [0, 0.1) is 5.92 Å². The molecule has 2 atom stereocenters. The molecule has 0 aliphatic carbocycles. The predicted molar refractivity (Wildman–Crippen MR) is 86.1 cm³/mol. The highest BCUT2D eigenvalue weighted by Gasteiger charge is 2.23. The van der Waals surface area contributed by atoms with Gasteiger partial charge in [-0.1, -0.05) is 6.07 Å². The maximum absolute atomic E-state index is 5.39. The molecule has 1 aliphatic rings. The molecule has 1 aromatic carbocycles. The van der Waals surface area contributed by atoms with Gasteiger partial charge in [0.05, 0.1) is 14.2 Å². The molecule has 2 unspecified atom stereocenters. The second-order valence-electron chi connectivity index (χ2n) is 5.90. The lowest BCUT2D eigenvalue weighted by Crippen LogP contribution is -2.43. The Balaban J connectivity index is 2.00. The van der Waals surface area contributed by atoms with Gasteiger partial charge in [-0.3, -0.25) is 4.90 Å². The summed E-state index contributed by atoms with van der Waals surface area (Å²) in [5, 5.41) is 3.39. The Kier molecular flexibility index (Phi) is 5.88. The molecule has 0 spiro atoms. The van der Waals surface area contributed by atoms with Crippen LogP contribution >= 0.6 is 0 Å². The highest BCUT2D eigenvalue weighted by molar-refractivity contribution is 5.42. The van der Waals surface area contributed by atoms with E-state index in [1.54, 1.807) is 14.2 Å². The monoisotopic (exact) mass is 292 g/mol. The number of ether oxygens (including phenoxy) is 2. The Morgan fingerprint density at radius 1 is 1.29 bits per heavy atom. The minimum absolute atomic E-state index is 0.582. The van der Waals surface area contributed by atoms with E-state index in [1.165, 1.54) is 24.9 Å². The summed E-state index contributed by atoms with van der Waals surface area (Å²) in [6.45, 7) is 5.61. The fourth-order valence-electron chi connectivity index (χ4n) is 3.12. The molecule has 1 N–H and O–H groups in total. The van der Waals surface area contributed by atoms with Gasteiger partial charge < -0.3 is 14.8 Å². The molecule has 4 nitrogen and oxygen atoms in total. The van der Waals surface area contributed by atoms with Crippen molar-refractivity contribution in [2.45, 2.75) is 32.4 Å². The molecule has 0 radical (unpaired) electrons. The fourth-order valence-corrected chi connectivity index (χ4v) is 3.12. The van der Waals surface area contributed by atoms with Crippen LogP contribution in [0.1, 0.15) is 25.3 Å². The van der Waals surface area contributed by atoms with E-state index in [9.17, 15) is 0 Å². The molecule has 1 fully saturated rings. The van der Waals surface area contributed by atoms with E-state index in [4.69, 9.17) is 9.47 Å². The summed E-state index contributed by atoms with van der Waals surface area (Å²) in [5.41, 5.74) is 1.28. The maximum Gasteiger partial charge on any atom is 0.161 e. The van der Waals surface area contributed by atoms with Gasteiger partial charge in [0.15, 0.2) is 11.5 Å². The second-order valence-corrected chi connectivity index (χ2v) is 5.90. The number of piperidine rings is 1. The highest BCUT2D eigenvalue weighted by Crippen LogP contribution is 2.29. The molecule has 0 amide bonds. The molecule has 1 heterocycles. The average molecular weight is 292 g/mol. The normalized spacial score (nSPS) is 21.0. The number of hydrogen-bond donors (Lipinski definition) is 1. The van der Waals surface area contributed by atoms with E-state index in [1.807, 2.05) is 6.07 Å². The lowest BCUT2D eigenvalue weighted by Gasteiger charge is -2.35. The molecule has 1 aliphatic heterocycles. The van der Waals surface area contributed by atoms with Crippen LogP contribution in [0.2, 0.25) is 0 Å². The molecule has 0 saturated carbocycles. The molecule has 0 aromatic heterocycles. The number of hydrogen-bond acceptors (Lipinski definition) is 4. The molecule has 1 saturated heterocycles. The van der Waals surface area contributed by atoms with Crippen molar-refractivity contribution in [2.24, 2.45) is 5.92 Å². The van der Waals surface area contributed by atoms with Crippen molar-refractivity contribution in [1.82, 2.24) is 10.2 Å². The molecule has 118 valence electrons. The van der Waals surface area contributed by atoms with Crippen molar-refractivity contribution in [2.75, 3.05) is 34.4 Å². The summed E-state index contributed by atoms with van der Waals surface area (Å²) in [6.07, 6.45) is 2.61. The summed E-state index contributed by atoms with van der Waals surface area (Å²) in [6, 6.07) is 6.79. The summed E-state index contributed by atoms with van der Waals surface area (Å²) in [7, 11) is 5.41. The summed E-state index contributed by atoms with van der Waals surface area (Å²) >= 11 is 0. The van der Waals surface area contributed by atoms with Crippen molar-refractivity contribution in [3.05, 3.63) is 23.8 Å². The van der Waals surface area contributed by atoms with Gasteiger partial charge in [0.1, 0.15) is 0 Å². The topological polar surface area (TPSA) is 33.7 Å². The fraction of sp³-hybridized carbons (Fsp3) is 0.647. The summed E-state index contributed by atoms with van der Waals surface area (Å²) in [5.74, 6) is 2.35. The minimum atomic E-state index is 0.582. The Bertz CT molecular complexity index is 450. The van der Waals surface area contributed by atoms with E-state index in [-0.39, 0.29) is 0 Å². The van der Waals surface area contributed by atoms with Gasteiger partial charge in [-0.15, -0.1) is 0 Å². The molecular formula is C17H28N2O2. The van der Waals surface area contributed by atoms with Crippen LogP contribution in [0.15, 0.2) is 18.2 Å². The molecule has 2 rings (SSSR count). The first kappa shape index (κ1) is 16.1. The van der Waals surface area contributed by atoms with Crippen LogP contribution in [0.4, 0.5) is 0 Å². The maximum atomic E-state index is 5.39. The van der Waals surface area contributed by atoms with Gasteiger partial charge in [-0.05, 0) is 57.0 Å². The van der Waals surface area contributed by atoms with Crippen molar-refractivity contribution < 1.29 is 9.47 Å². The molecule has 1 aromatic rings. The highest BCUT2D eigenvalue weighted by atomic mass is 16.5. The third-order valence-electron chi connectivity index (χ3n) is 4.56. The van der Waals surface area contributed by atoms with Crippen LogP contribution in [0.25, 0.3) is 0 Å². The minimum Gasteiger partial charge on any atom is -0.493 e. The average Bonchev–Trinajstić information content (AvgIpc) is 2.54. The SMILES string of the molecule is CNC(C)C1CCCN(Cc2ccc(OC)c(OC)c2)C1. The second kappa shape index (κ2) is 7.66. The van der Waals surface area contributed by atoms with Gasteiger partial charge in [0.2, 0.25) is 0 Å². The van der Waals surface area contributed by atoms with Gasteiger partial charge in [0.25, 0.3) is 0 Å². The first-order valence-corrected chi connectivity index (χ1v) is 7.78. The zero-order chi connectivity index (χ0) is 15.2. The smallest absolute Gasteiger partial charge is 0.161 e. The number of nitrogens with zero attached hydrogens (tertiary/aromatic N) is 1. The summed E-state index contributed by atoms with van der Waals surface area (Å²) < 4.78 is 10.7. The largest absolute Gasteiger partial charge is 0.493 e. The van der Waals surface area contributed by atoms with E-state index >= 15 is 0 Å². The Hall–Kier alpha value is -1.26. The van der Waals surface area contributed by atoms with Gasteiger partial charge in [0, 0.05) is 19.1 Å². The van der Waals surface area contributed by atoms with E-state index in [0.717, 1.165) is 30.5 Å². The zero-order valence-electron chi connectivity index (χ0n) is 13.7. The molecule has 4 heteroatoms. The quantitative estimate of drug-likeness (QED) is 0.873. The Morgan fingerprint density at radius 2 is 2.05 bits per heavy atom. The number of nitrogens with one attached hydrogen (secondary N) is 1. The molecular weight excluding hydrogens is 264 g/mol. The van der Waals surface area contributed by atoms with Crippen LogP contribution in [0.3, 0.4) is 0 Å². The first-order valence-electron chi connectivity index (χ1n) is 7.78. The van der Waals surface area contributed by atoms with Crippen molar-refractivity contribution >= 4 is 0 Å². The number of benzene rings is 1. The van der Waals surface area contributed by atoms with Crippen molar-refractivity contribution in [3.63, 3.8) is 0 Å². The number of likely N-dealkylation sites (tertiary alicyclic amines) is 1. The van der Waals surface area contributed by atoms with E-state index < -0.39 is 0 Å². The lowest BCUT2D eigenvalue weighted by molar-refractivity contribution is 0.147. The van der Waals surface area contributed by atoms with Gasteiger partial charge in [-0.25, -0.2) is 0 Å². The third kappa shape index (κ3) is 4.11. The van der Waals surface area contributed by atoms with Crippen LogP contribution in [-0.2, 0) is 6.54 Å². The summed E-state index contributed by atoms with van der Waals surface area (Å²) in [4.78, 5) is 2.54. The first-order chi connectivity index (χ1) is 10.2. The van der Waals surface area contributed by atoms with Crippen molar-refractivity contribution in [3.8, 4) is 11.5 Å². The lowest BCUT2D eigenvalue weighted by atomic mass is 9.91. The zero-order valence-corrected chi connectivity index (χ0v) is 13.7.